The number of hydrogen-bond donors (Lipinski definition) is 1. The molecular formula is C33H40ClN3O5S2. The highest BCUT2D eigenvalue weighted by atomic mass is 35.5. The third kappa shape index (κ3) is 8.49. The Morgan fingerprint density at radius 3 is 2.18 bits per heavy atom. The van der Waals surface area contributed by atoms with E-state index in [1.165, 1.54) is 16.7 Å². The number of nitrogens with one attached hydrogen (secondary N) is 1. The van der Waals surface area contributed by atoms with Gasteiger partial charge in [0, 0.05) is 22.5 Å². The third-order valence-electron chi connectivity index (χ3n) is 7.72. The van der Waals surface area contributed by atoms with Crippen LogP contribution in [-0.2, 0) is 26.2 Å². The average molecular weight is 658 g/mol. The summed E-state index contributed by atoms with van der Waals surface area (Å²) in [6, 6.07) is 19.5. The molecule has 3 aromatic rings. The number of carbonyl (C=O) groups is 2. The predicted octanol–water partition coefficient (Wildman–Crippen LogP) is 6.52. The molecule has 1 N–H and O–H groups in total. The highest BCUT2D eigenvalue weighted by molar-refractivity contribution is 7.98. The normalized spacial score (nSPS) is 14.2. The fraction of sp³-hybridized carbons (Fsp3) is 0.394. The minimum absolute atomic E-state index is 0.0623. The maximum atomic E-state index is 14.3. The van der Waals surface area contributed by atoms with E-state index in [0.29, 0.717) is 29.5 Å². The second kappa shape index (κ2) is 15.7. The first-order valence-electron chi connectivity index (χ1n) is 14.9. The molecule has 236 valence electrons. The number of anilines is 1. The third-order valence-corrected chi connectivity index (χ3v) is 10.5. The molecule has 0 bridgehead atoms. The van der Waals surface area contributed by atoms with Gasteiger partial charge in [0.15, 0.2) is 0 Å². The summed E-state index contributed by atoms with van der Waals surface area (Å²) in [5.41, 5.74) is 1.09. The van der Waals surface area contributed by atoms with Crippen molar-refractivity contribution in [2.24, 2.45) is 0 Å². The number of halogens is 1. The Morgan fingerprint density at radius 2 is 1.61 bits per heavy atom. The first-order valence-corrected chi connectivity index (χ1v) is 17.9. The van der Waals surface area contributed by atoms with Crippen molar-refractivity contribution < 1.29 is 22.7 Å². The summed E-state index contributed by atoms with van der Waals surface area (Å²) in [6.45, 7) is 3.80. The number of carbonyl (C=O) groups excluding carboxylic acids is 2. The molecule has 1 fully saturated rings. The lowest BCUT2D eigenvalue weighted by molar-refractivity contribution is -0.140. The van der Waals surface area contributed by atoms with Gasteiger partial charge in [0.2, 0.25) is 11.8 Å². The fourth-order valence-corrected chi connectivity index (χ4v) is 7.30. The first kappa shape index (κ1) is 33.7. The van der Waals surface area contributed by atoms with Gasteiger partial charge in [-0.3, -0.25) is 13.9 Å². The Morgan fingerprint density at radius 1 is 0.977 bits per heavy atom. The number of thioether (sulfide) groups is 1. The van der Waals surface area contributed by atoms with E-state index in [9.17, 15) is 18.0 Å². The van der Waals surface area contributed by atoms with Gasteiger partial charge in [-0.15, -0.1) is 11.8 Å². The van der Waals surface area contributed by atoms with Crippen molar-refractivity contribution in [2.45, 2.75) is 74.4 Å². The molecule has 0 aromatic heterocycles. The van der Waals surface area contributed by atoms with Crippen molar-refractivity contribution >= 4 is 50.9 Å². The Hall–Kier alpha value is -3.21. The van der Waals surface area contributed by atoms with E-state index in [1.54, 1.807) is 72.8 Å². The van der Waals surface area contributed by atoms with Crippen LogP contribution >= 0.6 is 23.4 Å². The standard InChI is InChI=1S/C33H40ClN3O5S2/c1-4-31(33(39)35-26-8-6-7-9-26)36(22-24-10-12-25(34)13-11-24)32(38)23-37(27-14-16-28(17-15-27)42-5-2)44(40,41)30-20-18-29(43-3)19-21-30/h10-21,26,31H,4-9,22-23H2,1-3H3,(H,35,39)/t31-/m1/s1. The number of benzene rings is 3. The van der Waals surface area contributed by atoms with Gasteiger partial charge in [0.05, 0.1) is 17.2 Å². The highest BCUT2D eigenvalue weighted by Crippen LogP contribution is 2.28. The van der Waals surface area contributed by atoms with Crippen LogP contribution in [0.1, 0.15) is 51.5 Å². The van der Waals surface area contributed by atoms with Gasteiger partial charge in [0.25, 0.3) is 10.0 Å². The molecule has 2 amide bonds. The van der Waals surface area contributed by atoms with Gasteiger partial charge in [-0.25, -0.2) is 8.42 Å². The molecule has 44 heavy (non-hydrogen) atoms. The molecule has 1 atom stereocenters. The number of rotatable bonds is 14. The van der Waals surface area contributed by atoms with Crippen LogP contribution in [0.25, 0.3) is 0 Å². The van der Waals surface area contributed by atoms with E-state index in [1.807, 2.05) is 20.1 Å². The van der Waals surface area contributed by atoms with Gasteiger partial charge < -0.3 is 15.0 Å². The van der Waals surface area contributed by atoms with Gasteiger partial charge in [-0.05, 0) is 98.7 Å². The van der Waals surface area contributed by atoms with Crippen molar-refractivity contribution in [2.75, 3.05) is 23.7 Å². The first-order chi connectivity index (χ1) is 21.2. The summed E-state index contributed by atoms with van der Waals surface area (Å²) in [6.07, 6.45) is 6.21. The van der Waals surface area contributed by atoms with Crippen LogP contribution < -0.4 is 14.4 Å². The maximum Gasteiger partial charge on any atom is 0.264 e. The molecule has 0 unspecified atom stereocenters. The fourth-order valence-electron chi connectivity index (χ4n) is 5.35. The zero-order chi connectivity index (χ0) is 31.7. The molecule has 0 aliphatic heterocycles. The Balaban J connectivity index is 1.71. The van der Waals surface area contributed by atoms with Crippen LogP contribution in [-0.4, -0.2) is 56.6 Å². The highest BCUT2D eigenvalue weighted by Gasteiger charge is 2.34. The smallest absolute Gasteiger partial charge is 0.264 e. The summed E-state index contributed by atoms with van der Waals surface area (Å²) in [5, 5.41) is 3.68. The van der Waals surface area contributed by atoms with Crippen LogP contribution in [0.2, 0.25) is 5.02 Å². The molecular weight excluding hydrogens is 618 g/mol. The topological polar surface area (TPSA) is 96.0 Å². The molecule has 3 aromatic carbocycles. The number of ether oxygens (including phenoxy) is 1. The minimum atomic E-state index is -4.16. The summed E-state index contributed by atoms with van der Waals surface area (Å²) >= 11 is 7.62. The molecule has 0 saturated heterocycles. The van der Waals surface area contributed by atoms with Crippen LogP contribution in [0.4, 0.5) is 5.69 Å². The monoisotopic (exact) mass is 657 g/mol. The number of sulfonamides is 1. The molecule has 8 nitrogen and oxygen atoms in total. The summed E-state index contributed by atoms with van der Waals surface area (Å²) in [7, 11) is -4.16. The van der Waals surface area contributed by atoms with E-state index in [-0.39, 0.29) is 23.4 Å². The summed E-state index contributed by atoms with van der Waals surface area (Å²) < 4.78 is 34.9. The maximum absolute atomic E-state index is 14.3. The molecule has 1 saturated carbocycles. The number of hydrogen-bond acceptors (Lipinski definition) is 6. The van der Waals surface area contributed by atoms with E-state index in [0.717, 1.165) is 40.4 Å². The second-order valence-electron chi connectivity index (χ2n) is 10.7. The Kier molecular flexibility index (Phi) is 12.0. The van der Waals surface area contributed by atoms with Gasteiger partial charge >= 0.3 is 0 Å². The lowest BCUT2D eigenvalue weighted by Crippen LogP contribution is -2.53. The van der Waals surface area contributed by atoms with Crippen LogP contribution in [0, 0.1) is 0 Å². The van der Waals surface area contributed by atoms with Crippen molar-refractivity contribution in [1.29, 1.82) is 0 Å². The molecule has 4 rings (SSSR count). The number of amides is 2. The van der Waals surface area contributed by atoms with E-state index >= 15 is 0 Å². The van der Waals surface area contributed by atoms with Crippen molar-refractivity contribution in [1.82, 2.24) is 10.2 Å². The Bertz CT molecular complexity index is 1490. The molecule has 0 radical (unpaired) electrons. The van der Waals surface area contributed by atoms with Crippen molar-refractivity contribution in [3.8, 4) is 5.75 Å². The number of nitrogens with zero attached hydrogens (tertiary/aromatic N) is 2. The lowest BCUT2D eigenvalue weighted by atomic mass is 10.1. The molecule has 1 aliphatic carbocycles. The van der Waals surface area contributed by atoms with Gasteiger partial charge in [-0.2, -0.15) is 0 Å². The molecule has 0 heterocycles. The zero-order valence-corrected chi connectivity index (χ0v) is 27.8. The molecule has 11 heteroatoms. The minimum Gasteiger partial charge on any atom is -0.494 e. The van der Waals surface area contributed by atoms with Crippen molar-refractivity contribution in [3.05, 3.63) is 83.4 Å². The van der Waals surface area contributed by atoms with Crippen molar-refractivity contribution in [3.63, 3.8) is 0 Å². The largest absolute Gasteiger partial charge is 0.494 e. The SMILES string of the molecule is CCOc1ccc(N(CC(=O)N(Cc2ccc(Cl)cc2)[C@H](CC)C(=O)NC2CCCC2)S(=O)(=O)c2ccc(SC)cc2)cc1. The Labute approximate surface area is 270 Å². The predicted molar refractivity (Wildman–Crippen MR) is 177 cm³/mol. The van der Waals surface area contributed by atoms with Crippen LogP contribution in [0.15, 0.2) is 82.6 Å². The van der Waals surface area contributed by atoms with E-state index in [4.69, 9.17) is 16.3 Å². The van der Waals surface area contributed by atoms with Crippen LogP contribution in [0.3, 0.4) is 0 Å². The van der Waals surface area contributed by atoms with Crippen LogP contribution in [0.5, 0.6) is 5.75 Å². The molecule has 1 aliphatic rings. The van der Waals surface area contributed by atoms with E-state index < -0.39 is 28.5 Å². The summed E-state index contributed by atoms with van der Waals surface area (Å²) in [4.78, 5) is 30.3. The van der Waals surface area contributed by atoms with Gasteiger partial charge in [-0.1, -0.05) is 43.5 Å². The molecule has 0 spiro atoms. The lowest BCUT2D eigenvalue weighted by Gasteiger charge is -2.33. The quantitative estimate of drug-likeness (QED) is 0.198. The van der Waals surface area contributed by atoms with E-state index in [2.05, 4.69) is 5.32 Å². The second-order valence-corrected chi connectivity index (χ2v) is 13.9. The van der Waals surface area contributed by atoms with Gasteiger partial charge in [0.1, 0.15) is 18.3 Å². The summed E-state index contributed by atoms with van der Waals surface area (Å²) in [5.74, 6) is -0.139. The zero-order valence-electron chi connectivity index (χ0n) is 25.4. The average Bonchev–Trinajstić information content (AvgIpc) is 3.54.